The van der Waals surface area contributed by atoms with Gasteiger partial charge in [-0.1, -0.05) is 220 Å². The summed E-state index contributed by atoms with van der Waals surface area (Å²) in [6.45, 7) is 67.5. The fourth-order valence-corrected chi connectivity index (χ4v) is 52.4. The molecule has 4 heteroatoms. The van der Waals surface area contributed by atoms with E-state index in [1.165, 1.54) is 0 Å². The van der Waals surface area contributed by atoms with Gasteiger partial charge >= 0.3 is 0 Å². The maximum atomic E-state index is 2.85. The second-order valence-electron chi connectivity index (χ2n) is 24.9. The van der Waals surface area contributed by atoms with E-state index in [-0.39, 0.29) is 40.3 Å². The highest BCUT2D eigenvalue weighted by molar-refractivity contribution is 7.18. The van der Waals surface area contributed by atoms with Crippen LogP contribution in [0, 0.1) is 0 Å². The molecule has 0 aromatic carbocycles. The summed E-state index contributed by atoms with van der Waals surface area (Å²) in [6.07, 6.45) is 5.70. The molecule has 0 unspecified atom stereocenters. The second kappa shape index (κ2) is 10.2. The fourth-order valence-electron chi connectivity index (χ4n) is 15.5. The molecule has 0 N–H and O–H groups in total. The van der Waals surface area contributed by atoms with Crippen molar-refractivity contribution in [2.75, 3.05) is 0 Å². The van der Waals surface area contributed by atoms with Gasteiger partial charge in [-0.2, -0.15) is 0 Å². The zero-order valence-corrected chi connectivity index (χ0v) is 41.2. The average Bonchev–Trinajstić information content (AvgIpc) is 2.72. The molecule has 0 aromatic heterocycles. The third-order valence-corrected chi connectivity index (χ3v) is 44.6. The van der Waals surface area contributed by atoms with Gasteiger partial charge in [-0.3, -0.25) is 0 Å². The highest BCUT2D eigenvalue weighted by Crippen LogP contribution is 2.80. The standard InChI is InChI=1S/C44H80Si4/c1-29-33-35(45(29,37(3,4)5)38(6,7)8)31(47(33,41(15,16)17)42(18,19)20)27-28-32-36-34(48(32,43(21,22)23)44(24,25)26)30(2)46(36,39(9,10)11)40(12,13)14/h27-28H,1-26H3/b28-27+. The molecule has 0 aliphatic carbocycles. The third-order valence-electron chi connectivity index (χ3n) is 14.6. The van der Waals surface area contributed by atoms with E-state index in [0.717, 1.165) is 0 Å². The molecule has 4 rings (SSSR count). The molecule has 0 nitrogen and oxygen atoms in total. The number of rotatable bonds is 2. The summed E-state index contributed by atoms with van der Waals surface area (Å²) in [6, 6.07) is 0. The normalized spacial score (nSPS) is 24.3. The highest BCUT2D eigenvalue weighted by Gasteiger charge is 2.78. The van der Waals surface area contributed by atoms with Crippen LogP contribution in [-0.2, 0) is 0 Å². The van der Waals surface area contributed by atoms with E-state index in [9.17, 15) is 0 Å². The Bertz CT molecular complexity index is 1400. The maximum absolute atomic E-state index is 2.85. The van der Waals surface area contributed by atoms with Gasteiger partial charge in [0.2, 0.25) is 0 Å². The molecule has 4 aliphatic heterocycles. The summed E-state index contributed by atoms with van der Waals surface area (Å²) < 4.78 is 0. The molecule has 272 valence electrons. The van der Waals surface area contributed by atoms with Crippen LogP contribution < -0.4 is 0 Å². The van der Waals surface area contributed by atoms with Crippen molar-refractivity contribution in [3.8, 4) is 0 Å². The van der Waals surface area contributed by atoms with Crippen LogP contribution in [0.2, 0.25) is 40.3 Å². The minimum atomic E-state index is -2.10. The van der Waals surface area contributed by atoms with Crippen LogP contribution in [0.4, 0.5) is 0 Å². The Morgan fingerprint density at radius 3 is 0.583 bits per heavy atom. The number of hydrogen-bond donors (Lipinski definition) is 0. The van der Waals surface area contributed by atoms with Crippen molar-refractivity contribution in [2.45, 2.75) is 220 Å². The van der Waals surface area contributed by atoms with Crippen LogP contribution >= 0.6 is 0 Å². The van der Waals surface area contributed by atoms with E-state index in [2.05, 4.69) is 192 Å². The second-order valence-corrected chi connectivity index (χ2v) is 47.5. The van der Waals surface area contributed by atoms with Crippen LogP contribution in [0.5, 0.6) is 0 Å². The van der Waals surface area contributed by atoms with Crippen molar-refractivity contribution in [3.05, 3.63) is 53.7 Å². The predicted octanol–water partition coefficient (Wildman–Crippen LogP) is 15.3. The Kier molecular flexibility index (Phi) is 8.54. The molecule has 0 radical (unpaired) electrons. The molecule has 0 saturated carbocycles. The maximum Gasteiger partial charge on any atom is 0.127 e. The van der Waals surface area contributed by atoms with Crippen molar-refractivity contribution in [1.82, 2.24) is 0 Å². The summed E-state index contributed by atoms with van der Waals surface area (Å²) in [7, 11) is -8.18. The van der Waals surface area contributed by atoms with Crippen LogP contribution in [0.1, 0.15) is 180 Å². The monoisotopic (exact) mass is 721 g/mol. The highest BCUT2D eigenvalue weighted by atomic mass is 28.3. The summed E-state index contributed by atoms with van der Waals surface area (Å²) in [5, 5.41) is 17.1. The van der Waals surface area contributed by atoms with Gasteiger partial charge < -0.3 is 0 Å². The molecule has 4 aliphatic rings. The van der Waals surface area contributed by atoms with E-state index in [1.807, 2.05) is 41.6 Å². The van der Waals surface area contributed by atoms with Gasteiger partial charge in [0.15, 0.2) is 0 Å². The van der Waals surface area contributed by atoms with Gasteiger partial charge in [0.1, 0.15) is 32.3 Å². The lowest BCUT2D eigenvalue weighted by molar-refractivity contribution is 0.594. The van der Waals surface area contributed by atoms with E-state index >= 15 is 0 Å². The Morgan fingerprint density at radius 1 is 0.271 bits per heavy atom. The molecule has 0 saturated heterocycles. The Hall–Kier alpha value is -0.432. The van der Waals surface area contributed by atoms with Crippen LogP contribution in [0.15, 0.2) is 53.7 Å². The molecule has 0 fully saturated rings. The Morgan fingerprint density at radius 2 is 0.438 bits per heavy atom. The topological polar surface area (TPSA) is 0 Å². The number of hydrogen-bond acceptors (Lipinski definition) is 0. The van der Waals surface area contributed by atoms with Crippen LogP contribution in [0.3, 0.4) is 0 Å². The summed E-state index contributed by atoms with van der Waals surface area (Å²) in [5.41, 5.74) is 0. The first kappa shape index (κ1) is 40.3. The minimum Gasteiger partial charge on any atom is -0.0781 e. The average molecular weight is 721 g/mol. The van der Waals surface area contributed by atoms with Crippen LogP contribution in [-0.4, -0.2) is 32.3 Å². The molecule has 48 heavy (non-hydrogen) atoms. The van der Waals surface area contributed by atoms with Gasteiger partial charge in [-0.25, -0.2) is 0 Å². The van der Waals surface area contributed by atoms with Gasteiger partial charge in [0.25, 0.3) is 0 Å². The van der Waals surface area contributed by atoms with E-state index in [1.54, 1.807) is 0 Å². The van der Waals surface area contributed by atoms with E-state index in [4.69, 9.17) is 0 Å². The Balaban J connectivity index is 2.25. The lowest BCUT2D eigenvalue weighted by Gasteiger charge is -2.75. The summed E-state index contributed by atoms with van der Waals surface area (Å²) in [5.74, 6) is 0. The van der Waals surface area contributed by atoms with E-state index < -0.39 is 32.3 Å². The number of fused-ring (bicyclic) bond motifs is 2. The lowest BCUT2D eigenvalue weighted by atomic mass is 10.2. The molecule has 0 atom stereocenters. The molecule has 0 aromatic rings. The first-order chi connectivity index (χ1) is 20.8. The minimum absolute atomic E-state index is 0.245. The zero-order chi connectivity index (χ0) is 38.0. The molecule has 0 amide bonds. The molecular weight excluding hydrogens is 641 g/mol. The molecule has 4 heterocycles. The van der Waals surface area contributed by atoms with Gasteiger partial charge in [-0.15, -0.1) is 0 Å². The predicted molar refractivity (Wildman–Crippen MR) is 229 cm³/mol. The van der Waals surface area contributed by atoms with Crippen molar-refractivity contribution >= 4 is 32.3 Å². The van der Waals surface area contributed by atoms with Gasteiger partial charge in [0.05, 0.1) is 0 Å². The lowest BCUT2D eigenvalue weighted by Crippen LogP contribution is -2.76. The van der Waals surface area contributed by atoms with Gasteiger partial charge in [-0.05, 0) is 54.2 Å². The zero-order valence-electron chi connectivity index (χ0n) is 37.2. The number of allylic oxidation sites excluding steroid dienone is 10. The third kappa shape index (κ3) is 4.10. The fraction of sp³-hybridized carbons (Fsp3) is 0.773. The first-order valence-corrected chi connectivity index (χ1v) is 27.4. The van der Waals surface area contributed by atoms with Crippen LogP contribution in [0.25, 0.3) is 0 Å². The largest absolute Gasteiger partial charge is 0.127 e. The summed E-state index contributed by atoms with van der Waals surface area (Å²) in [4.78, 5) is 0. The smallest absolute Gasteiger partial charge is 0.0781 e. The quantitative estimate of drug-likeness (QED) is 0.249. The van der Waals surface area contributed by atoms with Crippen molar-refractivity contribution in [1.29, 1.82) is 0 Å². The van der Waals surface area contributed by atoms with Crippen molar-refractivity contribution in [2.24, 2.45) is 0 Å². The van der Waals surface area contributed by atoms with Crippen molar-refractivity contribution in [3.63, 3.8) is 0 Å². The van der Waals surface area contributed by atoms with E-state index in [0.29, 0.717) is 0 Å². The molecule has 0 spiro atoms. The summed E-state index contributed by atoms with van der Waals surface area (Å²) >= 11 is 0. The molecular formula is C44H80Si4. The molecule has 0 bridgehead atoms. The van der Waals surface area contributed by atoms with Crippen molar-refractivity contribution < 1.29 is 0 Å². The Labute approximate surface area is 304 Å². The SMILES string of the molecule is CC1=C2C(=C(/C=C/C3=C4C(=C(C)[Si]4(C(C)(C)C)C(C)(C)C)[Si]3(C(C)(C)C)C(C)(C)C)[Si]2(C(C)(C)C)C(C)(C)C)[Si]1(C(C)(C)C)C(C)(C)C. The van der Waals surface area contributed by atoms with Gasteiger partial charge in [0, 0.05) is 0 Å². The first-order valence-electron chi connectivity index (χ1n) is 19.4.